The molecule has 0 aliphatic carbocycles. The summed E-state index contributed by atoms with van der Waals surface area (Å²) in [5, 5.41) is 0. The molecule has 0 N–H and O–H groups in total. The average Bonchev–Trinajstić information content (AvgIpc) is 3.50. The number of carbonyl (C=O) groups is 1. The number of benzene rings is 1. The number of fused-ring (bicyclic) bond motifs is 2. The Morgan fingerprint density at radius 3 is 2.42 bits per heavy atom. The smallest absolute Gasteiger partial charge is 0.290 e. The van der Waals surface area contributed by atoms with Crippen LogP contribution in [0, 0.1) is 0 Å². The number of piperazine rings is 1. The predicted octanol–water partition coefficient (Wildman–Crippen LogP) is 2.27. The number of nitrogens with zero attached hydrogens (tertiary/aromatic N) is 9. The molecule has 200 valence electrons. The van der Waals surface area contributed by atoms with Gasteiger partial charge in [-0.05, 0) is 26.0 Å². The monoisotopic (exact) mass is 517 g/mol. The number of imidazole rings is 2. The summed E-state index contributed by atoms with van der Waals surface area (Å²) in [6.45, 7) is 12.2. The highest BCUT2D eigenvalue weighted by molar-refractivity contribution is 5.96. The van der Waals surface area contributed by atoms with Gasteiger partial charge in [-0.3, -0.25) is 14.3 Å². The van der Waals surface area contributed by atoms with Crippen LogP contribution >= 0.6 is 0 Å². The topological polar surface area (TPSA) is 97.4 Å². The molecule has 11 nitrogen and oxygen atoms in total. The molecule has 1 aromatic carbocycles. The molecule has 4 aromatic rings. The molecule has 2 aliphatic heterocycles. The van der Waals surface area contributed by atoms with E-state index in [1.165, 1.54) is 0 Å². The molecule has 2 fully saturated rings. The summed E-state index contributed by atoms with van der Waals surface area (Å²) >= 11 is 0. The van der Waals surface area contributed by atoms with E-state index in [1.807, 2.05) is 45.3 Å². The number of aryl methyl sites for hydroxylation is 2. The van der Waals surface area contributed by atoms with E-state index < -0.39 is 0 Å². The van der Waals surface area contributed by atoms with E-state index in [0.717, 1.165) is 42.2 Å². The van der Waals surface area contributed by atoms with Crippen molar-refractivity contribution < 1.29 is 9.53 Å². The van der Waals surface area contributed by atoms with Crippen molar-refractivity contribution in [3.8, 4) is 5.95 Å². The van der Waals surface area contributed by atoms with Crippen LogP contribution in [-0.4, -0.2) is 103 Å². The number of hydrogen-bond acceptors (Lipinski definition) is 8. The first-order valence-corrected chi connectivity index (χ1v) is 13.5. The Kier molecular flexibility index (Phi) is 6.48. The molecule has 0 spiro atoms. The second-order valence-electron chi connectivity index (χ2n) is 10.2. The molecule has 5 heterocycles. The summed E-state index contributed by atoms with van der Waals surface area (Å²) in [6.07, 6.45) is 0.737. The van der Waals surface area contributed by atoms with Crippen LogP contribution in [0.3, 0.4) is 0 Å². The quantitative estimate of drug-likeness (QED) is 0.398. The van der Waals surface area contributed by atoms with Crippen LogP contribution in [0.15, 0.2) is 24.3 Å². The highest BCUT2D eigenvalue weighted by atomic mass is 16.5. The molecular weight excluding hydrogens is 482 g/mol. The number of aromatic nitrogens is 6. The van der Waals surface area contributed by atoms with E-state index in [1.54, 1.807) is 0 Å². The highest BCUT2D eigenvalue weighted by Gasteiger charge is 2.30. The first-order valence-electron chi connectivity index (χ1n) is 13.5. The number of amides is 1. The fourth-order valence-corrected chi connectivity index (χ4v) is 5.44. The molecule has 0 bridgehead atoms. The first kappa shape index (κ1) is 24.7. The molecule has 11 heteroatoms. The van der Waals surface area contributed by atoms with Crippen LogP contribution in [-0.2, 0) is 18.2 Å². The van der Waals surface area contributed by atoms with Gasteiger partial charge >= 0.3 is 0 Å². The summed E-state index contributed by atoms with van der Waals surface area (Å²) in [6, 6.07) is 8.51. The number of morpholine rings is 1. The lowest BCUT2D eigenvalue weighted by molar-refractivity contribution is 0.0581. The van der Waals surface area contributed by atoms with Gasteiger partial charge in [0.2, 0.25) is 11.8 Å². The largest absolute Gasteiger partial charge is 0.378 e. The van der Waals surface area contributed by atoms with Crippen molar-refractivity contribution in [2.75, 3.05) is 57.4 Å². The molecule has 1 amide bonds. The van der Waals surface area contributed by atoms with Gasteiger partial charge in [0.1, 0.15) is 5.82 Å². The third-order valence-corrected chi connectivity index (χ3v) is 7.67. The van der Waals surface area contributed by atoms with Gasteiger partial charge in [-0.15, -0.1) is 0 Å². The Bertz CT molecular complexity index is 1480. The normalized spacial score (nSPS) is 17.3. The van der Waals surface area contributed by atoms with Gasteiger partial charge in [-0.25, -0.2) is 9.97 Å². The zero-order chi connectivity index (χ0) is 26.4. The lowest BCUT2D eigenvalue weighted by atomic mass is 10.2. The molecule has 2 aliphatic rings. The third kappa shape index (κ3) is 4.19. The SMILES string of the molecule is CCc1nc2ccccc2n1-c1nc(N2CCOCC2)c2nc(C(=O)N3CCN(C(C)C)CC3)n(C)c2n1. The summed E-state index contributed by atoms with van der Waals surface area (Å²) in [7, 11) is 1.87. The lowest BCUT2D eigenvalue weighted by Gasteiger charge is -2.36. The highest BCUT2D eigenvalue weighted by Crippen LogP contribution is 2.29. The average molecular weight is 518 g/mol. The summed E-state index contributed by atoms with van der Waals surface area (Å²) in [4.78, 5) is 39.9. The molecule has 0 atom stereocenters. The van der Waals surface area contributed by atoms with Gasteiger partial charge in [0, 0.05) is 58.8 Å². The van der Waals surface area contributed by atoms with Gasteiger partial charge in [-0.2, -0.15) is 9.97 Å². The standard InChI is InChI=1S/C27H35N9O2/c1-5-21-28-19-8-6-7-9-20(19)36(21)27-30-23-22(24(31-27)34-14-16-38-17-15-34)29-25(32(23)4)26(37)35-12-10-33(11-13-35)18(2)3/h6-9,18H,5,10-17H2,1-4H3. The van der Waals surface area contributed by atoms with Crippen molar-refractivity contribution in [2.24, 2.45) is 7.05 Å². The fourth-order valence-electron chi connectivity index (χ4n) is 5.44. The van der Waals surface area contributed by atoms with E-state index in [2.05, 4.69) is 30.6 Å². The minimum atomic E-state index is -0.0642. The van der Waals surface area contributed by atoms with Crippen molar-refractivity contribution in [1.29, 1.82) is 0 Å². The number of para-hydroxylation sites is 2. The number of ether oxygens (including phenoxy) is 1. The summed E-state index contributed by atoms with van der Waals surface area (Å²) in [5.74, 6) is 2.49. The van der Waals surface area contributed by atoms with Crippen LogP contribution in [0.5, 0.6) is 0 Å². The van der Waals surface area contributed by atoms with Crippen LogP contribution in [0.2, 0.25) is 0 Å². The van der Waals surface area contributed by atoms with E-state index >= 15 is 0 Å². The van der Waals surface area contributed by atoms with Gasteiger partial charge in [0.05, 0.1) is 24.2 Å². The van der Waals surface area contributed by atoms with E-state index in [4.69, 9.17) is 24.7 Å². The second-order valence-corrected chi connectivity index (χ2v) is 10.2. The number of anilines is 1. The maximum atomic E-state index is 13.7. The minimum absolute atomic E-state index is 0.0642. The van der Waals surface area contributed by atoms with Crippen molar-refractivity contribution >= 4 is 33.9 Å². The molecule has 0 radical (unpaired) electrons. The van der Waals surface area contributed by atoms with Gasteiger partial charge in [0.25, 0.3) is 5.91 Å². The maximum Gasteiger partial charge on any atom is 0.290 e. The number of rotatable bonds is 5. The summed E-state index contributed by atoms with van der Waals surface area (Å²) < 4.78 is 9.46. The molecule has 3 aromatic heterocycles. The molecule has 0 unspecified atom stereocenters. The Morgan fingerprint density at radius 2 is 1.71 bits per heavy atom. The zero-order valence-corrected chi connectivity index (χ0v) is 22.6. The van der Waals surface area contributed by atoms with Gasteiger partial charge < -0.3 is 19.1 Å². The van der Waals surface area contributed by atoms with E-state index in [-0.39, 0.29) is 5.91 Å². The molecule has 0 saturated carbocycles. The Morgan fingerprint density at radius 1 is 0.974 bits per heavy atom. The van der Waals surface area contributed by atoms with Crippen LogP contribution in [0.1, 0.15) is 37.2 Å². The van der Waals surface area contributed by atoms with Crippen molar-refractivity contribution in [2.45, 2.75) is 33.2 Å². The first-order chi connectivity index (χ1) is 18.5. The van der Waals surface area contributed by atoms with E-state index in [0.29, 0.717) is 68.4 Å². The molecule has 6 rings (SSSR count). The van der Waals surface area contributed by atoms with Gasteiger partial charge in [0.15, 0.2) is 17.0 Å². The summed E-state index contributed by atoms with van der Waals surface area (Å²) in [5.41, 5.74) is 3.14. The third-order valence-electron chi connectivity index (χ3n) is 7.67. The predicted molar refractivity (Wildman–Crippen MR) is 146 cm³/mol. The number of carbonyl (C=O) groups excluding carboxylic acids is 1. The van der Waals surface area contributed by atoms with Gasteiger partial charge in [-0.1, -0.05) is 19.1 Å². The van der Waals surface area contributed by atoms with E-state index in [9.17, 15) is 4.79 Å². The van der Waals surface area contributed by atoms with Crippen molar-refractivity contribution in [3.63, 3.8) is 0 Å². The fraction of sp³-hybridized carbons (Fsp3) is 0.519. The maximum absolute atomic E-state index is 13.7. The molecule has 2 saturated heterocycles. The van der Waals surface area contributed by atoms with Crippen LogP contribution < -0.4 is 4.90 Å². The molecule has 38 heavy (non-hydrogen) atoms. The Labute approximate surface area is 222 Å². The molecular formula is C27H35N9O2. The second kappa shape index (κ2) is 9.95. The van der Waals surface area contributed by atoms with Crippen LogP contribution in [0.4, 0.5) is 5.82 Å². The minimum Gasteiger partial charge on any atom is -0.378 e. The van der Waals surface area contributed by atoms with Crippen LogP contribution in [0.25, 0.3) is 28.1 Å². The Balaban J connectivity index is 1.47. The number of hydrogen-bond donors (Lipinski definition) is 0. The lowest BCUT2D eigenvalue weighted by Crippen LogP contribution is -2.51. The zero-order valence-electron chi connectivity index (χ0n) is 22.6. The van der Waals surface area contributed by atoms with Crippen molar-refractivity contribution in [1.82, 2.24) is 38.9 Å². The van der Waals surface area contributed by atoms with Crippen molar-refractivity contribution in [3.05, 3.63) is 35.9 Å². The Hall–Kier alpha value is -3.57.